The topological polar surface area (TPSA) is 123 Å². The molecular formula is C30H36BrN5O3. The third-order valence-corrected chi connectivity index (χ3v) is 6.79. The van der Waals surface area contributed by atoms with Crippen LogP contribution in [0.1, 0.15) is 98.1 Å². The predicted octanol–water partition coefficient (Wildman–Crippen LogP) is 6.22. The second kappa shape index (κ2) is 13.1. The first-order valence-electron chi connectivity index (χ1n) is 13.3. The Morgan fingerprint density at radius 2 is 1.77 bits per heavy atom. The quantitative estimate of drug-likeness (QED) is 0.229. The van der Waals surface area contributed by atoms with E-state index in [0.717, 1.165) is 29.7 Å². The summed E-state index contributed by atoms with van der Waals surface area (Å²) < 4.78 is 12.2. The van der Waals surface area contributed by atoms with Crippen LogP contribution in [0, 0.1) is 28.1 Å². The fraction of sp³-hybridized carbons (Fsp3) is 0.500. The van der Waals surface area contributed by atoms with Crippen molar-refractivity contribution in [1.29, 1.82) is 15.9 Å². The van der Waals surface area contributed by atoms with Crippen LogP contribution in [0.25, 0.3) is 0 Å². The number of Topliss-reactive ketones (excluding diaryl/α,β-unsaturated/α-hetero) is 1. The molecule has 2 aliphatic rings. The van der Waals surface area contributed by atoms with E-state index in [1.165, 1.54) is 0 Å². The van der Waals surface area contributed by atoms with Crippen molar-refractivity contribution in [2.24, 2.45) is 0 Å². The summed E-state index contributed by atoms with van der Waals surface area (Å²) in [5, 5.41) is 26.5. The molecule has 1 saturated carbocycles. The monoisotopic (exact) mass is 593 g/mol. The van der Waals surface area contributed by atoms with Gasteiger partial charge >= 0.3 is 0 Å². The lowest BCUT2D eigenvalue weighted by atomic mass is 9.84. The molecule has 0 bridgehead atoms. The molecule has 1 N–H and O–H groups in total. The van der Waals surface area contributed by atoms with E-state index in [4.69, 9.17) is 30.4 Å². The number of nitrogens with one attached hydrogen (secondary N) is 1. The highest BCUT2D eigenvalue weighted by atomic mass is 79.9. The lowest BCUT2D eigenvalue weighted by Crippen LogP contribution is -2.30. The number of nitriles is 2. The highest BCUT2D eigenvalue weighted by Crippen LogP contribution is 2.41. The standard InChI is InChI=1S/C30H35N5O3.BrH/c1-30(2,3)23-16-22(17-26(37-14-6-4-12-31)28(23)38-15-7-5-13-32)25(36)19-35-18-21-10-11-24(20-8-9-20)34-27(21)29(35)33;/h10-11,16-17,20,33H,4-9,14-15,18-19H2,1-3H3;1H. The Balaban J connectivity index is 0.00000420. The average Bonchev–Trinajstić information content (AvgIpc) is 3.69. The van der Waals surface area contributed by atoms with Gasteiger partial charge in [-0.1, -0.05) is 26.8 Å². The van der Waals surface area contributed by atoms with Gasteiger partial charge in [0, 0.05) is 47.7 Å². The summed E-state index contributed by atoms with van der Waals surface area (Å²) in [5.74, 6) is 1.71. The van der Waals surface area contributed by atoms with Crippen LogP contribution in [0.4, 0.5) is 0 Å². The number of fused-ring (bicyclic) bond motifs is 1. The summed E-state index contributed by atoms with van der Waals surface area (Å²) in [6, 6.07) is 11.9. The number of ketones is 1. The molecule has 0 unspecified atom stereocenters. The van der Waals surface area contributed by atoms with Crippen LogP contribution in [-0.4, -0.2) is 41.3 Å². The zero-order valence-electron chi connectivity index (χ0n) is 22.9. The fourth-order valence-electron chi connectivity index (χ4n) is 4.51. The highest BCUT2D eigenvalue weighted by Gasteiger charge is 2.32. The van der Waals surface area contributed by atoms with Gasteiger partial charge < -0.3 is 14.4 Å². The molecule has 0 amide bonds. The number of carbonyl (C=O) groups is 1. The van der Waals surface area contributed by atoms with Crippen LogP contribution in [0.3, 0.4) is 0 Å². The number of hydrogen-bond donors (Lipinski definition) is 1. The molecule has 0 spiro atoms. The predicted molar refractivity (Wildman–Crippen MR) is 154 cm³/mol. The van der Waals surface area contributed by atoms with Crippen molar-refractivity contribution < 1.29 is 14.3 Å². The van der Waals surface area contributed by atoms with Crippen molar-refractivity contribution in [1.82, 2.24) is 9.88 Å². The number of hydrogen-bond acceptors (Lipinski definition) is 7. The Hall–Kier alpha value is -3.43. The van der Waals surface area contributed by atoms with Crippen LogP contribution in [-0.2, 0) is 12.0 Å². The number of nitrogens with zero attached hydrogens (tertiary/aromatic N) is 4. The third kappa shape index (κ3) is 7.36. The van der Waals surface area contributed by atoms with E-state index in [-0.39, 0.29) is 40.6 Å². The van der Waals surface area contributed by atoms with Crippen LogP contribution >= 0.6 is 17.0 Å². The van der Waals surface area contributed by atoms with E-state index < -0.39 is 0 Å². The number of aromatic nitrogens is 1. The summed E-state index contributed by atoms with van der Waals surface area (Å²) in [6.45, 7) is 7.38. The van der Waals surface area contributed by atoms with E-state index in [9.17, 15) is 4.79 Å². The number of halogens is 1. The van der Waals surface area contributed by atoms with Gasteiger partial charge in [-0.15, -0.1) is 17.0 Å². The number of unbranched alkanes of at least 4 members (excludes halogenated alkanes) is 2. The van der Waals surface area contributed by atoms with Crippen molar-refractivity contribution >= 4 is 28.6 Å². The molecule has 9 heteroatoms. The van der Waals surface area contributed by atoms with Crippen molar-refractivity contribution in [3.8, 4) is 23.6 Å². The maximum Gasteiger partial charge on any atom is 0.182 e. The smallest absolute Gasteiger partial charge is 0.182 e. The second-order valence-corrected chi connectivity index (χ2v) is 11.0. The number of amidine groups is 1. The zero-order valence-corrected chi connectivity index (χ0v) is 24.6. The minimum atomic E-state index is -0.342. The van der Waals surface area contributed by atoms with Gasteiger partial charge in [-0.3, -0.25) is 10.2 Å². The number of rotatable bonds is 12. The highest BCUT2D eigenvalue weighted by molar-refractivity contribution is 8.93. The third-order valence-electron chi connectivity index (χ3n) is 6.79. The van der Waals surface area contributed by atoms with Gasteiger partial charge in [0.05, 0.1) is 31.9 Å². The summed E-state index contributed by atoms with van der Waals surface area (Å²) in [7, 11) is 0. The largest absolute Gasteiger partial charge is 0.490 e. The van der Waals surface area contributed by atoms with Gasteiger partial charge in [-0.25, -0.2) is 4.98 Å². The molecule has 0 atom stereocenters. The molecule has 2 aromatic rings. The van der Waals surface area contributed by atoms with E-state index in [2.05, 4.69) is 18.2 Å². The van der Waals surface area contributed by atoms with Crippen molar-refractivity contribution in [3.63, 3.8) is 0 Å². The molecule has 0 saturated heterocycles. The van der Waals surface area contributed by atoms with E-state index >= 15 is 0 Å². The van der Waals surface area contributed by atoms with Gasteiger partial charge in [0.25, 0.3) is 0 Å². The first kappa shape index (κ1) is 30.1. The van der Waals surface area contributed by atoms with Crippen LogP contribution in [0.15, 0.2) is 24.3 Å². The van der Waals surface area contributed by atoms with Gasteiger partial charge in [0.15, 0.2) is 17.3 Å². The van der Waals surface area contributed by atoms with E-state index in [0.29, 0.717) is 74.1 Å². The molecule has 2 heterocycles. The summed E-state index contributed by atoms with van der Waals surface area (Å²) in [4.78, 5) is 20.1. The summed E-state index contributed by atoms with van der Waals surface area (Å²) >= 11 is 0. The molecular weight excluding hydrogens is 558 g/mol. The van der Waals surface area contributed by atoms with Crippen LogP contribution in [0.2, 0.25) is 0 Å². The normalized spacial score (nSPS) is 14.2. The Morgan fingerprint density at radius 1 is 1.10 bits per heavy atom. The SMILES string of the molecule is Br.CC(C)(C)c1cc(C(=O)CN2Cc3ccc(C4CC4)nc3C2=N)cc(OCCCC#N)c1OCCCC#N. The molecule has 206 valence electrons. The fourth-order valence-corrected chi connectivity index (χ4v) is 4.51. The maximum absolute atomic E-state index is 13.6. The van der Waals surface area contributed by atoms with Gasteiger partial charge in [0.2, 0.25) is 0 Å². The van der Waals surface area contributed by atoms with Crippen molar-refractivity contribution in [2.75, 3.05) is 19.8 Å². The molecule has 4 rings (SSSR count). The zero-order chi connectivity index (χ0) is 27.3. The summed E-state index contributed by atoms with van der Waals surface area (Å²) in [6.07, 6.45) is 4.21. The van der Waals surface area contributed by atoms with Gasteiger partial charge in [-0.2, -0.15) is 10.5 Å². The number of ether oxygens (including phenoxy) is 2. The first-order valence-corrected chi connectivity index (χ1v) is 13.3. The number of carbonyl (C=O) groups excluding carboxylic acids is 1. The minimum absolute atomic E-state index is 0. The van der Waals surface area contributed by atoms with E-state index in [1.807, 2.05) is 32.9 Å². The Morgan fingerprint density at radius 3 is 2.38 bits per heavy atom. The number of benzene rings is 1. The van der Waals surface area contributed by atoms with Crippen molar-refractivity contribution in [2.45, 2.75) is 77.2 Å². The number of pyridine rings is 1. The Labute approximate surface area is 241 Å². The van der Waals surface area contributed by atoms with Gasteiger partial charge in [-0.05, 0) is 49.3 Å². The van der Waals surface area contributed by atoms with Crippen molar-refractivity contribution in [3.05, 3.63) is 52.3 Å². The molecule has 1 aliphatic carbocycles. The van der Waals surface area contributed by atoms with Crippen LogP contribution in [0.5, 0.6) is 11.5 Å². The van der Waals surface area contributed by atoms with Gasteiger partial charge in [0.1, 0.15) is 11.5 Å². The Kier molecular flexibility index (Phi) is 10.1. The lowest BCUT2D eigenvalue weighted by molar-refractivity contribution is 0.0962. The molecule has 1 aromatic heterocycles. The van der Waals surface area contributed by atoms with E-state index in [1.54, 1.807) is 11.0 Å². The van der Waals surface area contributed by atoms with Crippen LogP contribution < -0.4 is 9.47 Å². The molecule has 1 aromatic carbocycles. The average molecular weight is 595 g/mol. The Bertz CT molecular complexity index is 1300. The molecule has 1 aliphatic heterocycles. The molecule has 8 nitrogen and oxygen atoms in total. The second-order valence-electron chi connectivity index (χ2n) is 11.0. The summed E-state index contributed by atoms with van der Waals surface area (Å²) in [5.41, 5.74) is 3.69. The lowest BCUT2D eigenvalue weighted by Gasteiger charge is -2.26. The minimum Gasteiger partial charge on any atom is -0.490 e. The molecule has 0 radical (unpaired) electrons. The first-order chi connectivity index (χ1) is 18.2. The maximum atomic E-state index is 13.6. The molecule has 39 heavy (non-hydrogen) atoms. The molecule has 1 fully saturated rings.